The maximum atomic E-state index is 12.5. The van der Waals surface area contributed by atoms with Gasteiger partial charge in [-0.25, -0.2) is 0 Å². The van der Waals surface area contributed by atoms with Crippen LogP contribution in [0.4, 0.5) is 5.69 Å². The lowest BCUT2D eigenvalue weighted by Gasteiger charge is -2.15. The molecule has 0 radical (unpaired) electrons. The lowest BCUT2D eigenvalue weighted by Crippen LogP contribution is -2.15. The number of nitrogens with one attached hydrogen (secondary N) is 1. The molecule has 0 aliphatic rings. The fourth-order valence-electron chi connectivity index (χ4n) is 2.54. The smallest absolute Gasteiger partial charge is 0.228 e. The van der Waals surface area contributed by atoms with Gasteiger partial charge < -0.3 is 19.5 Å². The van der Waals surface area contributed by atoms with Crippen LogP contribution in [0, 0.1) is 6.92 Å². The second-order valence-electron chi connectivity index (χ2n) is 5.69. The summed E-state index contributed by atoms with van der Waals surface area (Å²) in [6.45, 7) is 6.86. The Labute approximate surface area is 162 Å². The summed E-state index contributed by atoms with van der Waals surface area (Å²) >= 11 is 3.52. The van der Waals surface area contributed by atoms with Crippen molar-refractivity contribution in [3.05, 3.63) is 45.9 Å². The minimum Gasteiger partial charge on any atom is -0.495 e. The van der Waals surface area contributed by atoms with Crippen molar-refractivity contribution in [3.63, 3.8) is 0 Å². The van der Waals surface area contributed by atoms with Crippen LogP contribution in [0.2, 0.25) is 0 Å². The molecule has 2 rings (SSSR count). The van der Waals surface area contributed by atoms with Crippen LogP contribution in [0.15, 0.2) is 34.8 Å². The number of hydrogen-bond acceptors (Lipinski definition) is 4. The largest absolute Gasteiger partial charge is 0.495 e. The normalized spacial score (nSPS) is 10.3. The highest BCUT2D eigenvalue weighted by Crippen LogP contribution is 2.34. The van der Waals surface area contributed by atoms with Crippen molar-refractivity contribution in [1.29, 1.82) is 0 Å². The molecule has 26 heavy (non-hydrogen) atoms. The second-order valence-corrected chi connectivity index (χ2v) is 6.54. The predicted octanol–water partition coefficient (Wildman–Crippen LogP) is 4.74. The highest BCUT2D eigenvalue weighted by molar-refractivity contribution is 9.10. The molecule has 0 fully saturated rings. The molecule has 0 unspecified atom stereocenters. The number of aryl methyl sites for hydroxylation is 1. The highest BCUT2D eigenvalue weighted by Gasteiger charge is 2.15. The van der Waals surface area contributed by atoms with Crippen molar-refractivity contribution in [2.45, 2.75) is 27.2 Å². The monoisotopic (exact) mass is 421 g/mol. The Kier molecular flexibility index (Phi) is 7.33. The first-order chi connectivity index (χ1) is 12.5. The average molecular weight is 422 g/mol. The molecule has 0 bridgehead atoms. The van der Waals surface area contributed by atoms with E-state index in [0.717, 1.165) is 15.6 Å². The lowest BCUT2D eigenvalue weighted by molar-refractivity contribution is -0.115. The molecule has 0 aliphatic heterocycles. The van der Waals surface area contributed by atoms with Crippen LogP contribution < -0.4 is 19.5 Å². The van der Waals surface area contributed by atoms with Gasteiger partial charge in [0.1, 0.15) is 5.75 Å². The average Bonchev–Trinajstić information content (AvgIpc) is 2.59. The van der Waals surface area contributed by atoms with E-state index < -0.39 is 0 Å². The first kappa shape index (κ1) is 20.1. The van der Waals surface area contributed by atoms with Crippen LogP contribution >= 0.6 is 15.9 Å². The predicted molar refractivity (Wildman–Crippen MR) is 107 cm³/mol. The van der Waals surface area contributed by atoms with Gasteiger partial charge >= 0.3 is 0 Å². The van der Waals surface area contributed by atoms with Gasteiger partial charge in [-0.1, -0.05) is 22.0 Å². The summed E-state index contributed by atoms with van der Waals surface area (Å²) in [5.74, 6) is 1.78. The summed E-state index contributed by atoms with van der Waals surface area (Å²) in [7, 11) is 1.58. The second kappa shape index (κ2) is 9.48. The Hall–Kier alpha value is -2.21. The van der Waals surface area contributed by atoms with Crippen molar-refractivity contribution in [2.75, 3.05) is 25.6 Å². The van der Waals surface area contributed by atoms with E-state index in [2.05, 4.69) is 21.2 Å². The van der Waals surface area contributed by atoms with E-state index in [1.165, 1.54) is 0 Å². The molecule has 1 N–H and O–H groups in total. The summed E-state index contributed by atoms with van der Waals surface area (Å²) in [5.41, 5.74) is 2.52. The number of rotatable bonds is 8. The third kappa shape index (κ3) is 5.14. The van der Waals surface area contributed by atoms with E-state index in [1.807, 2.05) is 51.1 Å². The Morgan fingerprint density at radius 2 is 1.69 bits per heavy atom. The fraction of sp³-hybridized carbons (Fsp3) is 0.350. The quantitative estimate of drug-likeness (QED) is 0.668. The van der Waals surface area contributed by atoms with Crippen LogP contribution in [-0.2, 0) is 11.2 Å². The third-order valence-electron chi connectivity index (χ3n) is 3.69. The van der Waals surface area contributed by atoms with E-state index >= 15 is 0 Å². The molecule has 0 spiro atoms. The molecule has 140 valence electrons. The van der Waals surface area contributed by atoms with E-state index in [-0.39, 0.29) is 12.3 Å². The number of anilines is 1. The summed E-state index contributed by atoms with van der Waals surface area (Å²) in [4.78, 5) is 12.5. The minimum absolute atomic E-state index is 0.138. The van der Waals surface area contributed by atoms with Gasteiger partial charge in [0.15, 0.2) is 11.5 Å². The van der Waals surface area contributed by atoms with E-state index in [0.29, 0.717) is 36.1 Å². The van der Waals surface area contributed by atoms with Crippen molar-refractivity contribution >= 4 is 27.5 Å². The van der Waals surface area contributed by atoms with Crippen LogP contribution in [0.1, 0.15) is 25.0 Å². The van der Waals surface area contributed by atoms with Crippen molar-refractivity contribution in [3.8, 4) is 17.2 Å². The number of carbonyl (C=O) groups is 1. The number of hydrogen-bond donors (Lipinski definition) is 1. The summed E-state index contributed by atoms with van der Waals surface area (Å²) in [6, 6.07) is 9.34. The van der Waals surface area contributed by atoms with Gasteiger partial charge in [-0.3, -0.25) is 4.79 Å². The molecule has 0 atom stereocenters. The third-order valence-corrected chi connectivity index (χ3v) is 4.43. The van der Waals surface area contributed by atoms with Crippen molar-refractivity contribution in [2.24, 2.45) is 0 Å². The van der Waals surface area contributed by atoms with Crippen LogP contribution in [0.5, 0.6) is 17.2 Å². The van der Waals surface area contributed by atoms with Gasteiger partial charge in [-0.2, -0.15) is 0 Å². The molecule has 5 nitrogen and oxygen atoms in total. The van der Waals surface area contributed by atoms with Crippen LogP contribution in [0.3, 0.4) is 0 Å². The molecule has 0 saturated heterocycles. The Balaban J connectivity index is 2.21. The Morgan fingerprint density at radius 1 is 1.04 bits per heavy atom. The molecule has 0 aliphatic carbocycles. The Morgan fingerprint density at radius 3 is 2.31 bits per heavy atom. The van der Waals surface area contributed by atoms with Crippen molar-refractivity contribution in [1.82, 2.24) is 0 Å². The molecule has 2 aromatic carbocycles. The maximum Gasteiger partial charge on any atom is 0.228 e. The van der Waals surface area contributed by atoms with Gasteiger partial charge in [0, 0.05) is 4.47 Å². The summed E-state index contributed by atoms with van der Waals surface area (Å²) in [5, 5.41) is 2.91. The molecule has 6 heteroatoms. The summed E-state index contributed by atoms with van der Waals surface area (Å²) < 4.78 is 17.3. The van der Waals surface area contributed by atoms with Gasteiger partial charge in [-0.05, 0) is 56.2 Å². The zero-order valence-electron chi connectivity index (χ0n) is 15.5. The van der Waals surface area contributed by atoms with Gasteiger partial charge in [0.05, 0.1) is 32.4 Å². The summed E-state index contributed by atoms with van der Waals surface area (Å²) in [6.07, 6.45) is 0.199. The van der Waals surface area contributed by atoms with E-state index in [1.54, 1.807) is 7.11 Å². The topological polar surface area (TPSA) is 56.8 Å². The fourth-order valence-corrected chi connectivity index (χ4v) is 3.00. The van der Waals surface area contributed by atoms with Crippen LogP contribution in [-0.4, -0.2) is 26.2 Å². The number of benzene rings is 2. The maximum absolute atomic E-state index is 12.5. The first-order valence-electron chi connectivity index (χ1n) is 8.51. The molecule has 1 amide bonds. The number of methoxy groups -OCH3 is 1. The number of carbonyl (C=O) groups excluding carboxylic acids is 1. The zero-order valence-corrected chi connectivity index (χ0v) is 17.1. The molecule has 0 aromatic heterocycles. The molecular weight excluding hydrogens is 398 g/mol. The first-order valence-corrected chi connectivity index (χ1v) is 9.30. The number of amides is 1. The molecule has 2 aromatic rings. The SMILES string of the molecule is CCOc1cc(Br)c(CC(=O)Nc2cc(C)ccc2OC)cc1OCC. The number of halogens is 1. The van der Waals surface area contributed by atoms with Gasteiger partial charge in [-0.15, -0.1) is 0 Å². The Bertz CT molecular complexity index is 777. The van der Waals surface area contributed by atoms with Gasteiger partial charge in [0.25, 0.3) is 0 Å². The molecule has 0 saturated carbocycles. The zero-order chi connectivity index (χ0) is 19.1. The van der Waals surface area contributed by atoms with E-state index in [9.17, 15) is 4.79 Å². The molecule has 0 heterocycles. The van der Waals surface area contributed by atoms with E-state index in [4.69, 9.17) is 14.2 Å². The van der Waals surface area contributed by atoms with Crippen molar-refractivity contribution < 1.29 is 19.0 Å². The highest BCUT2D eigenvalue weighted by atomic mass is 79.9. The molecular formula is C20H24BrNO4. The minimum atomic E-state index is -0.138. The lowest BCUT2D eigenvalue weighted by atomic mass is 10.1. The standard InChI is InChI=1S/C20H24BrNO4/c1-5-25-18-10-14(15(21)12-19(18)26-6-2)11-20(23)22-16-9-13(3)7-8-17(16)24-4/h7-10,12H,5-6,11H2,1-4H3,(H,22,23). The number of ether oxygens (including phenoxy) is 3. The van der Waals surface area contributed by atoms with Gasteiger partial charge in [0.2, 0.25) is 5.91 Å². The van der Waals surface area contributed by atoms with Crippen LogP contribution in [0.25, 0.3) is 0 Å².